The van der Waals surface area contributed by atoms with Gasteiger partial charge in [0.1, 0.15) is 5.75 Å². The van der Waals surface area contributed by atoms with Crippen molar-refractivity contribution in [1.82, 2.24) is 4.90 Å². The highest BCUT2D eigenvalue weighted by atomic mass is 16.3. The number of rotatable bonds is 2. The smallest absolute Gasteiger partial charge is 0.115 e. The number of nitrogens with zero attached hydrogens (tertiary/aromatic N) is 1. The molecule has 0 aromatic heterocycles. The van der Waals surface area contributed by atoms with Crippen molar-refractivity contribution in [2.45, 2.75) is 13.0 Å². The third-order valence-corrected chi connectivity index (χ3v) is 2.15. The second kappa shape index (κ2) is 3.59. The monoisotopic (exact) mass is 165 g/mol. The molecule has 0 fully saturated rings. The van der Waals surface area contributed by atoms with Crippen LogP contribution in [0.25, 0.3) is 0 Å². The van der Waals surface area contributed by atoms with Gasteiger partial charge in [0, 0.05) is 6.04 Å². The summed E-state index contributed by atoms with van der Waals surface area (Å²) in [4.78, 5) is 2.13. The summed E-state index contributed by atoms with van der Waals surface area (Å²) in [5.41, 5.74) is 1.22. The van der Waals surface area contributed by atoms with Crippen LogP contribution in [0.4, 0.5) is 0 Å². The summed E-state index contributed by atoms with van der Waals surface area (Å²) in [6.45, 7) is 2.13. The molecule has 1 aromatic carbocycles. The fraction of sp³-hybridized carbons (Fsp3) is 0.400. The van der Waals surface area contributed by atoms with Gasteiger partial charge in [0.15, 0.2) is 0 Å². The molecule has 0 heterocycles. The number of aromatic hydroxyl groups is 1. The molecule has 2 heteroatoms. The van der Waals surface area contributed by atoms with Gasteiger partial charge in [-0.3, -0.25) is 0 Å². The van der Waals surface area contributed by atoms with Crippen molar-refractivity contribution in [2.75, 3.05) is 14.1 Å². The average molecular weight is 165 g/mol. The van der Waals surface area contributed by atoms with Crippen molar-refractivity contribution in [1.29, 1.82) is 0 Å². The van der Waals surface area contributed by atoms with Gasteiger partial charge in [0.2, 0.25) is 0 Å². The SMILES string of the molecule is C[C@@H](c1ccc(O)cc1)N(C)C. The van der Waals surface area contributed by atoms with E-state index >= 15 is 0 Å². The van der Waals surface area contributed by atoms with Crippen molar-refractivity contribution in [3.63, 3.8) is 0 Å². The number of hydrogen-bond donors (Lipinski definition) is 1. The van der Waals surface area contributed by atoms with E-state index in [-0.39, 0.29) is 0 Å². The first-order chi connectivity index (χ1) is 5.61. The molecular formula is C10H15NO. The van der Waals surface area contributed by atoms with Crippen LogP contribution in [-0.2, 0) is 0 Å². The van der Waals surface area contributed by atoms with E-state index < -0.39 is 0 Å². The standard InChI is InChI=1S/C10H15NO/c1-8(11(2)3)9-4-6-10(12)7-5-9/h4-8,12H,1-3H3/t8-/m0/s1. The molecule has 0 bridgehead atoms. The summed E-state index contributed by atoms with van der Waals surface area (Å²) in [7, 11) is 4.08. The fourth-order valence-electron chi connectivity index (χ4n) is 1.05. The van der Waals surface area contributed by atoms with Gasteiger partial charge in [-0.15, -0.1) is 0 Å². The van der Waals surface area contributed by atoms with Crippen LogP contribution >= 0.6 is 0 Å². The molecule has 0 amide bonds. The molecular weight excluding hydrogens is 150 g/mol. The lowest BCUT2D eigenvalue weighted by atomic mass is 10.1. The maximum absolute atomic E-state index is 9.06. The summed E-state index contributed by atoms with van der Waals surface area (Å²) in [5, 5.41) is 9.06. The molecule has 2 nitrogen and oxygen atoms in total. The van der Waals surface area contributed by atoms with Crippen molar-refractivity contribution < 1.29 is 5.11 Å². The Hall–Kier alpha value is -1.02. The van der Waals surface area contributed by atoms with Gasteiger partial charge < -0.3 is 10.0 Å². The third-order valence-electron chi connectivity index (χ3n) is 2.15. The topological polar surface area (TPSA) is 23.5 Å². The summed E-state index contributed by atoms with van der Waals surface area (Å²) < 4.78 is 0. The van der Waals surface area contributed by atoms with Crippen molar-refractivity contribution in [3.05, 3.63) is 29.8 Å². The number of phenols is 1. The van der Waals surface area contributed by atoms with Gasteiger partial charge in [0.05, 0.1) is 0 Å². The van der Waals surface area contributed by atoms with Crippen LogP contribution in [0.1, 0.15) is 18.5 Å². The van der Waals surface area contributed by atoms with Gasteiger partial charge in [-0.1, -0.05) is 12.1 Å². The molecule has 0 saturated carbocycles. The van der Waals surface area contributed by atoms with Crippen LogP contribution in [0.5, 0.6) is 5.75 Å². The predicted octanol–water partition coefficient (Wildman–Crippen LogP) is 2.01. The second-order valence-corrected chi connectivity index (χ2v) is 3.23. The molecule has 66 valence electrons. The molecule has 0 saturated heterocycles. The first-order valence-corrected chi connectivity index (χ1v) is 4.06. The Labute approximate surface area is 73.4 Å². The highest BCUT2D eigenvalue weighted by Crippen LogP contribution is 2.19. The Morgan fingerprint density at radius 2 is 1.67 bits per heavy atom. The minimum absolute atomic E-state index is 0.324. The third kappa shape index (κ3) is 1.98. The van der Waals surface area contributed by atoms with E-state index in [0.29, 0.717) is 11.8 Å². The summed E-state index contributed by atoms with van der Waals surface area (Å²) in [6, 6.07) is 7.72. The summed E-state index contributed by atoms with van der Waals surface area (Å²) in [5.74, 6) is 0.324. The minimum Gasteiger partial charge on any atom is -0.508 e. The minimum atomic E-state index is 0.324. The molecule has 0 unspecified atom stereocenters. The molecule has 0 aliphatic rings. The van der Waals surface area contributed by atoms with Crippen LogP contribution in [0.15, 0.2) is 24.3 Å². The van der Waals surface area contributed by atoms with E-state index in [2.05, 4.69) is 11.8 Å². The highest BCUT2D eigenvalue weighted by molar-refractivity contribution is 5.27. The van der Waals surface area contributed by atoms with E-state index in [1.807, 2.05) is 26.2 Å². The van der Waals surface area contributed by atoms with E-state index in [4.69, 9.17) is 5.11 Å². The molecule has 1 aromatic rings. The molecule has 0 spiro atoms. The number of benzene rings is 1. The zero-order chi connectivity index (χ0) is 9.14. The van der Waals surface area contributed by atoms with Gasteiger partial charge in [0.25, 0.3) is 0 Å². The largest absolute Gasteiger partial charge is 0.508 e. The lowest BCUT2D eigenvalue weighted by Crippen LogP contribution is -2.16. The average Bonchev–Trinajstić information content (AvgIpc) is 2.04. The fourth-order valence-corrected chi connectivity index (χ4v) is 1.05. The van der Waals surface area contributed by atoms with Crippen molar-refractivity contribution in [2.24, 2.45) is 0 Å². The highest BCUT2D eigenvalue weighted by Gasteiger charge is 2.06. The lowest BCUT2D eigenvalue weighted by molar-refractivity contribution is 0.321. The van der Waals surface area contributed by atoms with Crippen LogP contribution < -0.4 is 0 Å². The number of hydrogen-bond acceptors (Lipinski definition) is 2. The molecule has 1 N–H and O–H groups in total. The molecule has 0 aliphatic carbocycles. The lowest BCUT2D eigenvalue weighted by Gasteiger charge is -2.19. The van der Waals surface area contributed by atoms with Crippen LogP contribution in [0.3, 0.4) is 0 Å². The quantitative estimate of drug-likeness (QED) is 0.724. The molecule has 1 rings (SSSR count). The first kappa shape index (κ1) is 9.07. The first-order valence-electron chi connectivity index (χ1n) is 4.06. The van der Waals surface area contributed by atoms with Crippen LogP contribution in [0, 0.1) is 0 Å². The molecule has 1 atom stereocenters. The predicted molar refractivity (Wildman–Crippen MR) is 50.2 cm³/mol. The summed E-state index contributed by atoms with van der Waals surface area (Å²) in [6.07, 6.45) is 0. The van der Waals surface area contributed by atoms with E-state index in [1.54, 1.807) is 12.1 Å². The maximum atomic E-state index is 9.06. The Kier molecular flexibility index (Phi) is 2.71. The van der Waals surface area contributed by atoms with Gasteiger partial charge in [-0.25, -0.2) is 0 Å². The number of phenolic OH excluding ortho intramolecular Hbond substituents is 1. The Bertz CT molecular complexity index is 241. The Balaban J connectivity index is 2.82. The van der Waals surface area contributed by atoms with E-state index in [9.17, 15) is 0 Å². The zero-order valence-electron chi connectivity index (χ0n) is 7.78. The van der Waals surface area contributed by atoms with Gasteiger partial charge >= 0.3 is 0 Å². The van der Waals surface area contributed by atoms with Crippen molar-refractivity contribution >= 4 is 0 Å². The molecule has 0 radical (unpaired) electrons. The zero-order valence-corrected chi connectivity index (χ0v) is 7.78. The Morgan fingerprint density at radius 1 is 1.17 bits per heavy atom. The van der Waals surface area contributed by atoms with E-state index in [1.165, 1.54) is 5.56 Å². The molecule has 0 aliphatic heterocycles. The molecule has 12 heavy (non-hydrogen) atoms. The normalized spacial score (nSPS) is 13.3. The maximum Gasteiger partial charge on any atom is 0.115 e. The second-order valence-electron chi connectivity index (χ2n) is 3.23. The van der Waals surface area contributed by atoms with Crippen molar-refractivity contribution in [3.8, 4) is 5.75 Å². The summed E-state index contributed by atoms with van der Waals surface area (Å²) >= 11 is 0. The van der Waals surface area contributed by atoms with Crippen LogP contribution in [-0.4, -0.2) is 24.1 Å². The Morgan fingerprint density at radius 3 is 2.08 bits per heavy atom. The van der Waals surface area contributed by atoms with Gasteiger partial charge in [-0.2, -0.15) is 0 Å². The van der Waals surface area contributed by atoms with Gasteiger partial charge in [-0.05, 0) is 38.7 Å². The van der Waals surface area contributed by atoms with E-state index in [0.717, 1.165) is 0 Å². The van der Waals surface area contributed by atoms with Crippen LogP contribution in [0.2, 0.25) is 0 Å².